The molecule has 7 heteroatoms. The van der Waals surface area contributed by atoms with Crippen LogP contribution in [0.25, 0.3) is 0 Å². The maximum Gasteiger partial charge on any atom is 0.466 e. The molecule has 2 aromatic rings. The van der Waals surface area contributed by atoms with Gasteiger partial charge in [-0.05, 0) is 51.7 Å². The number of hydrogen-bond acceptors (Lipinski definition) is 6. The molecule has 2 fully saturated rings. The van der Waals surface area contributed by atoms with Gasteiger partial charge in [0, 0.05) is 12.2 Å². The third kappa shape index (κ3) is 7.25. The zero-order valence-electron chi connectivity index (χ0n) is 23.3. The summed E-state index contributed by atoms with van der Waals surface area (Å²) in [6.07, 6.45) is 3.76. The first-order valence-electron chi connectivity index (χ1n) is 14.0. The molecule has 0 N–H and O–H groups in total. The molecule has 0 saturated carbocycles. The largest absolute Gasteiger partial charge is 0.466 e. The molecule has 204 valence electrons. The molecule has 2 heterocycles. The smallest absolute Gasteiger partial charge is 0.403 e. The van der Waals surface area contributed by atoms with E-state index in [1.54, 1.807) is 0 Å². The standard InChI is InChI=1S/C31H42BNO5/c1-30(2)31(3,4)38-32(37-30)28-26(19-13-5-6-14-20-33)36-27(23-34-21-24-15-9-7-10-16-24)29(28)35-22-25-17-11-8-12-18-25/h7-12,15-18,26-29H,5-6,13-14,19,21-23H2,1-4H3/t26-,27+,28+,29+/m0/s1. The third-order valence-corrected chi connectivity index (χ3v) is 8.07. The summed E-state index contributed by atoms with van der Waals surface area (Å²) in [6.45, 7) is 9.76. The van der Waals surface area contributed by atoms with Crippen molar-refractivity contribution < 1.29 is 23.5 Å². The highest BCUT2D eigenvalue weighted by atomic mass is 16.7. The molecule has 2 aliphatic rings. The number of hydrogen-bond donors (Lipinski definition) is 0. The first kappa shape index (κ1) is 28.8. The molecule has 4 rings (SSSR count). The number of benzene rings is 2. The average molecular weight is 519 g/mol. The monoisotopic (exact) mass is 519 g/mol. The van der Waals surface area contributed by atoms with Crippen LogP contribution in [0.3, 0.4) is 0 Å². The van der Waals surface area contributed by atoms with E-state index in [2.05, 4.69) is 58.0 Å². The van der Waals surface area contributed by atoms with Gasteiger partial charge in [-0.25, -0.2) is 0 Å². The number of nitriles is 1. The Morgan fingerprint density at radius 3 is 2.03 bits per heavy atom. The van der Waals surface area contributed by atoms with Gasteiger partial charge in [0.2, 0.25) is 0 Å². The van der Waals surface area contributed by atoms with Gasteiger partial charge in [-0.15, -0.1) is 0 Å². The van der Waals surface area contributed by atoms with Crippen molar-refractivity contribution in [2.24, 2.45) is 0 Å². The lowest BCUT2D eigenvalue weighted by Crippen LogP contribution is -2.41. The van der Waals surface area contributed by atoms with Gasteiger partial charge in [0.25, 0.3) is 0 Å². The Bertz CT molecular complexity index is 1010. The molecule has 0 bridgehead atoms. The third-order valence-electron chi connectivity index (χ3n) is 8.07. The van der Waals surface area contributed by atoms with Gasteiger partial charge in [-0.3, -0.25) is 0 Å². The lowest BCUT2D eigenvalue weighted by molar-refractivity contribution is -0.0721. The maximum atomic E-state index is 8.91. The van der Waals surface area contributed by atoms with Crippen LogP contribution < -0.4 is 0 Å². The molecule has 0 radical (unpaired) electrons. The molecule has 6 nitrogen and oxygen atoms in total. The Morgan fingerprint density at radius 2 is 1.42 bits per heavy atom. The van der Waals surface area contributed by atoms with E-state index in [1.165, 1.54) is 0 Å². The molecule has 0 spiro atoms. The topological polar surface area (TPSA) is 69.9 Å². The molecule has 0 amide bonds. The molecule has 0 unspecified atom stereocenters. The van der Waals surface area contributed by atoms with Crippen LogP contribution in [0.15, 0.2) is 60.7 Å². The van der Waals surface area contributed by atoms with Crippen LogP contribution in [0, 0.1) is 11.3 Å². The van der Waals surface area contributed by atoms with E-state index in [-0.39, 0.29) is 24.1 Å². The summed E-state index contributed by atoms with van der Waals surface area (Å²) in [6, 6.07) is 22.6. The molecule has 2 aromatic carbocycles. The van der Waals surface area contributed by atoms with E-state index in [0.29, 0.717) is 26.2 Å². The molecule has 4 atom stereocenters. The normalized spacial score (nSPS) is 25.9. The Morgan fingerprint density at radius 1 is 0.816 bits per heavy atom. The fourth-order valence-corrected chi connectivity index (χ4v) is 5.20. The number of nitrogens with zero attached hydrogens (tertiary/aromatic N) is 1. The molecule has 0 aliphatic carbocycles. The van der Waals surface area contributed by atoms with Crippen LogP contribution in [0.2, 0.25) is 5.82 Å². The van der Waals surface area contributed by atoms with Crippen LogP contribution in [-0.4, -0.2) is 43.2 Å². The highest BCUT2D eigenvalue weighted by Gasteiger charge is 2.60. The van der Waals surface area contributed by atoms with Gasteiger partial charge in [0.15, 0.2) is 0 Å². The van der Waals surface area contributed by atoms with Crippen molar-refractivity contribution in [2.45, 2.75) is 108 Å². The molecule has 2 aliphatic heterocycles. The maximum absolute atomic E-state index is 8.91. The molecule has 0 aromatic heterocycles. The molecule has 38 heavy (non-hydrogen) atoms. The van der Waals surface area contributed by atoms with Crippen molar-refractivity contribution in [2.75, 3.05) is 6.61 Å². The molecule has 2 saturated heterocycles. The highest BCUT2D eigenvalue weighted by molar-refractivity contribution is 6.48. The minimum absolute atomic E-state index is 0.0853. The summed E-state index contributed by atoms with van der Waals surface area (Å²) in [5.41, 5.74) is 1.36. The minimum Gasteiger partial charge on any atom is -0.403 e. The van der Waals surface area contributed by atoms with Gasteiger partial charge in [0.1, 0.15) is 6.10 Å². The lowest BCUT2D eigenvalue weighted by atomic mass is 9.65. The first-order valence-corrected chi connectivity index (χ1v) is 14.0. The first-order chi connectivity index (χ1) is 18.3. The SMILES string of the molecule is CC1(C)OB([C@H]2[C@H](OCc3ccccc3)[C@@H](COCc3ccccc3)O[C@H]2CCCCCC#N)OC1(C)C. The summed E-state index contributed by atoms with van der Waals surface area (Å²) < 4.78 is 32.6. The summed E-state index contributed by atoms with van der Waals surface area (Å²) in [7, 11) is -0.441. The van der Waals surface area contributed by atoms with Crippen molar-refractivity contribution in [3.05, 3.63) is 71.8 Å². The second-order valence-corrected chi connectivity index (χ2v) is 11.4. The predicted molar refractivity (Wildman–Crippen MR) is 148 cm³/mol. The van der Waals surface area contributed by atoms with E-state index < -0.39 is 18.3 Å². The Balaban J connectivity index is 1.52. The van der Waals surface area contributed by atoms with Gasteiger partial charge >= 0.3 is 7.12 Å². The summed E-state index contributed by atoms with van der Waals surface area (Å²) >= 11 is 0. The van der Waals surface area contributed by atoms with Crippen LogP contribution in [0.1, 0.15) is 70.9 Å². The van der Waals surface area contributed by atoms with E-state index >= 15 is 0 Å². The second kappa shape index (κ2) is 13.2. The number of ether oxygens (including phenoxy) is 3. The van der Waals surface area contributed by atoms with Crippen molar-refractivity contribution in [1.29, 1.82) is 5.26 Å². The molecular formula is C31H42BNO5. The fraction of sp³-hybridized carbons (Fsp3) is 0.581. The van der Waals surface area contributed by atoms with Crippen molar-refractivity contribution in [3.8, 4) is 6.07 Å². The Kier molecular flexibility index (Phi) is 10.0. The quantitative estimate of drug-likeness (QED) is 0.223. The van der Waals surface area contributed by atoms with Crippen LogP contribution in [-0.2, 0) is 36.7 Å². The van der Waals surface area contributed by atoms with Gasteiger partial charge < -0.3 is 23.5 Å². The van der Waals surface area contributed by atoms with Crippen molar-refractivity contribution >= 4 is 7.12 Å². The predicted octanol–water partition coefficient (Wildman–Crippen LogP) is 6.49. The summed E-state index contributed by atoms with van der Waals surface area (Å²) in [5, 5.41) is 8.91. The minimum atomic E-state index is -0.444. The van der Waals surface area contributed by atoms with Gasteiger partial charge in [-0.2, -0.15) is 5.26 Å². The highest BCUT2D eigenvalue weighted by Crippen LogP contribution is 2.47. The van der Waals surface area contributed by atoms with Crippen LogP contribution >= 0.6 is 0 Å². The Labute approximate surface area is 228 Å². The lowest BCUT2D eigenvalue weighted by Gasteiger charge is -2.32. The number of rotatable bonds is 13. The Hall–Kier alpha value is -2.21. The van der Waals surface area contributed by atoms with Crippen LogP contribution in [0.4, 0.5) is 0 Å². The fourth-order valence-electron chi connectivity index (χ4n) is 5.20. The van der Waals surface area contributed by atoms with Gasteiger partial charge in [0.05, 0.1) is 49.3 Å². The van der Waals surface area contributed by atoms with Crippen molar-refractivity contribution in [3.63, 3.8) is 0 Å². The average Bonchev–Trinajstić information content (AvgIpc) is 3.35. The summed E-state index contributed by atoms with van der Waals surface area (Å²) in [4.78, 5) is 0. The van der Waals surface area contributed by atoms with Crippen molar-refractivity contribution in [1.82, 2.24) is 0 Å². The zero-order chi connectivity index (χ0) is 27.0. The van der Waals surface area contributed by atoms with E-state index in [9.17, 15) is 0 Å². The van der Waals surface area contributed by atoms with Gasteiger partial charge in [-0.1, -0.05) is 73.5 Å². The van der Waals surface area contributed by atoms with E-state index in [1.807, 2.05) is 36.4 Å². The molecular weight excluding hydrogens is 477 g/mol. The summed E-state index contributed by atoms with van der Waals surface area (Å²) in [5.74, 6) is -0.0962. The van der Waals surface area contributed by atoms with E-state index in [4.69, 9.17) is 28.8 Å². The van der Waals surface area contributed by atoms with Crippen LogP contribution in [0.5, 0.6) is 0 Å². The number of unbranched alkanes of at least 4 members (excludes halogenated alkanes) is 3. The van der Waals surface area contributed by atoms with E-state index in [0.717, 1.165) is 36.8 Å². The second-order valence-electron chi connectivity index (χ2n) is 11.4. The zero-order valence-corrected chi connectivity index (χ0v) is 23.3.